The van der Waals surface area contributed by atoms with E-state index >= 15 is 0 Å². The second kappa shape index (κ2) is 9.19. The average Bonchev–Trinajstić information content (AvgIpc) is 3.20. The molecule has 1 aliphatic rings. The van der Waals surface area contributed by atoms with Gasteiger partial charge in [0.2, 0.25) is 0 Å². The summed E-state index contributed by atoms with van der Waals surface area (Å²) in [5, 5.41) is 3.40. The Morgan fingerprint density at radius 3 is 2.25 bits per heavy atom. The van der Waals surface area contributed by atoms with Gasteiger partial charge in [0.1, 0.15) is 5.01 Å². The maximum atomic E-state index is 5.60. The highest BCUT2D eigenvalue weighted by molar-refractivity contribution is 7.10. The van der Waals surface area contributed by atoms with Gasteiger partial charge in [-0.2, -0.15) is 0 Å². The van der Waals surface area contributed by atoms with E-state index in [1.54, 1.807) is 11.3 Å². The zero-order chi connectivity index (χ0) is 18.7. The molecule has 0 atom stereocenters. The maximum Gasteiger partial charge on any atom is 0.114 e. The van der Waals surface area contributed by atoms with Crippen LogP contribution in [0.2, 0.25) is 0 Å². The number of nitrogens with zero attached hydrogens (tertiary/aromatic N) is 2. The van der Waals surface area contributed by atoms with Crippen molar-refractivity contribution >= 4 is 23.7 Å². The molecule has 5 heteroatoms. The van der Waals surface area contributed by atoms with Crippen LogP contribution in [0.15, 0.2) is 60.0 Å². The Morgan fingerprint density at radius 1 is 0.964 bits per heavy atom. The van der Waals surface area contributed by atoms with Crippen LogP contribution in [0, 0.1) is 0 Å². The van der Waals surface area contributed by atoms with Crippen LogP contribution in [0.25, 0.3) is 11.3 Å². The summed E-state index contributed by atoms with van der Waals surface area (Å²) in [6, 6.07) is 19.4. The monoisotopic (exact) mass is 414 g/mol. The molecule has 0 aliphatic carbocycles. The quantitative estimate of drug-likeness (QED) is 0.559. The molecule has 4 rings (SSSR count). The zero-order valence-corrected chi connectivity index (χ0v) is 18.1. The molecule has 0 N–H and O–H groups in total. The molecule has 1 fully saturated rings. The zero-order valence-electron chi connectivity index (χ0n) is 16.4. The van der Waals surface area contributed by atoms with E-state index in [-0.39, 0.29) is 17.9 Å². The number of aromatic nitrogens is 1. The highest BCUT2D eigenvalue weighted by atomic mass is 35.5. The summed E-state index contributed by atoms with van der Waals surface area (Å²) in [7, 11) is 4.32. The summed E-state index contributed by atoms with van der Waals surface area (Å²) in [5.41, 5.74) is 4.95. The van der Waals surface area contributed by atoms with Crippen molar-refractivity contribution in [2.45, 2.75) is 24.8 Å². The Bertz CT molecular complexity index is 871. The van der Waals surface area contributed by atoms with E-state index in [0.717, 1.165) is 38.2 Å². The molecule has 0 amide bonds. The number of thiazole rings is 1. The number of rotatable bonds is 5. The van der Waals surface area contributed by atoms with E-state index in [1.165, 1.54) is 21.7 Å². The number of hydrogen-bond acceptors (Lipinski definition) is 4. The fourth-order valence-corrected chi connectivity index (χ4v) is 4.98. The molecule has 148 valence electrons. The van der Waals surface area contributed by atoms with Crippen LogP contribution in [0.3, 0.4) is 0 Å². The van der Waals surface area contributed by atoms with Gasteiger partial charge in [-0.3, -0.25) is 4.90 Å². The molecule has 0 saturated carbocycles. The molecule has 0 spiro atoms. The first-order valence-electron chi connectivity index (χ1n) is 9.52. The van der Waals surface area contributed by atoms with E-state index in [4.69, 9.17) is 9.72 Å². The van der Waals surface area contributed by atoms with Gasteiger partial charge in [0.25, 0.3) is 0 Å². The maximum absolute atomic E-state index is 5.60. The Labute approximate surface area is 177 Å². The molecule has 2 aromatic carbocycles. The fourth-order valence-electron chi connectivity index (χ4n) is 3.81. The van der Waals surface area contributed by atoms with Crippen LogP contribution in [0.5, 0.6) is 0 Å². The van der Waals surface area contributed by atoms with Crippen LogP contribution in [0.4, 0.5) is 0 Å². The van der Waals surface area contributed by atoms with Crippen molar-refractivity contribution in [1.82, 2.24) is 9.88 Å². The lowest BCUT2D eigenvalue weighted by atomic mass is 9.89. The van der Waals surface area contributed by atoms with Gasteiger partial charge in [-0.25, -0.2) is 4.98 Å². The van der Waals surface area contributed by atoms with Crippen LogP contribution >= 0.6 is 23.7 Å². The van der Waals surface area contributed by atoms with Crippen molar-refractivity contribution in [2.75, 3.05) is 27.3 Å². The fraction of sp³-hybridized carbons (Fsp3) is 0.348. The Kier molecular flexibility index (Phi) is 6.89. The number of ether oxygens (including phenoxy) is 1. The summed E-state index contributed by atoms with van der Waals surface area (Å²) in [4.78, 5) is 7.35. The van der Waals surface area contributed by atoms with Crippen molar-refractivity contribution in [3.05, 3.63) is 76.1 Å². The molecular weight excluding hydrogens is 388 g/mol. The molecule has 1 aliphatic heterocycles. The van der Waals surface area contributed by atoms with Gasteiger partial charge in [0.05, 0.1) is 11.2 Å². The average molecular weight is 415 g/mol. The third kappa shape index (κ3) is 4.31. The topological polar surface area (TPSA) is 25.4 Å². The summed E-state index contributed by atoms with van der Waals surface area (Å²) < 4.78 is 5.60. The Morgan fingerprint density at radius 2 is 1.61 bits per heavy atom. The van der Waals surface area contributed by atoms with Crippen molar-refractivity contribution in [2.24, 2.45) is 0 Å². The Hall–Kier alpha value is -1.72. The predicted octanol–water partition coefficient (Wildman–Crippen LogP) is 5.39. The molecule has 3 aromatic rings. The van der Waals surface area contributed by atoms with E-state index in [0.29, 0.717) is 0 Å². The first kappa shape index (κ1) is 21.0. The van der Waals surface area contributed by atoms with Crippen LogP contribution in [-0.4, -0.2) is 37.2 Å². The third-order valence-corrected chi connectivity index (χ3v) is 6.61. The minimum Gasteiger partial charge on any atom is -0.381 e. The molecule has 1 aromatic heterocycles. The summed E-state index contributed by atoms with van der Waals surface area (Å²) in [6.45, 7) is 1.61. The SMILES string of the molecule is CN(C)C1(c2nc(-c3ccc(Cc4ccccc4)cc3)cs2)CCOCC1.Cl. The van der Waals surface area contributed by atoms with Crippen molar-refractivity contribution in [3.8, 4) is 11.3 Å². The summed E-state index contributed by atoms with van der Waals surface area (Å²) >= 11 is 1.78. The van der Waals surface area contributed by atoms with Gasteiger partial charge in [-0.1, -0.05) is 54.6 Å². The van der Waals surface area contributed by atoms with Crippen molar-refractivity contribution < 1.29 is 4.74 Å². The van der Waals surface area contributed by atoms with Gasteiger partial charge < -0.3 is 4.74 Å². The molecule has 0 radical (unpaired) electrons. The molecule has 1 saturated heterocycles. The lowest BCUT2D eigenvalue weighted by Crippen LogP contribution is -2.45. The number of hydrogen-bond donors (Lipinski definition) is 0. The van der Waals surface area contributed by atoms with Crippen molar-refractivity contribution in [3.63, 3.8) is 0 Å². The predicted molar refractivity (Wildman–Crippen MR) is 119 cm³/mol. The molecule has 0 unspecified atom stereocenters. The molecular formula is C23H27ClN2OS. The lowest BCUT2D eigenvalue weighted by Gasteiger charge is -2.41. The minimum atomic E-state index is 0. The molecule has 28 heavy (non-hydrogen) atoms. The van der Waals surface area contributed by atoms with Gasteiger partial charge in [-0.05, 0) is 44.5 Å². The van der Waals surface area contributed by atoms with E-state index in [2.05, 4.69) is 79.0 Å². The third-order valence-electron chi connectivity index (χ3n) is 5.58. The first-order chi connectivity index (χ1) is 13.2. The summed E-state index contributed by atoms with van der Waals surface area (Å²) in [6.07, 6.45) is 2.97. The normalized spacial score (nSPS) is 16.0. The molecule has 3 nitrogen and oxygen atoms in total. The second-order valence-electron chi connectivity index (χ2n) is 7.44. The standard InChI is InChI=1S/C23H26N2OS.ClH/c1-25(2)23(12-14-26-15-13-23)22-24-21(17-27-22)20-10-8-19(9-11-20)16-18-6-4-3-5-7-18;/h3-11,17H,12-16H2,1-2H3;1H. The van der Waals surface area contributed by atoms with Crippen molar-refractivity contribution in [1.29, 1.82) is 0 Å². The first-order valence-corrected chi connectivity index (χ1v) is 10.4. The summed E-state index contributed by atoms with van der Waals surface area (Å²) in [5.74, 6) is 0. The second-order valence-corrected chi connectivity index (χ2v) is 8.29. The van der Waals surface area contributed by atoms with Crippen LogP contribution in [-0.2, 0) is 16.7 Å². The highest BCUT2D eigenvalue weighted by Gasteiger charge is 2.39. The van der Waals surface area contributed by atoms with E-state index in [1.807, 2.05) is 0 Å². The molecule has 0 bridgehead atoms. The van der Waals surface area contributed by atoms with E-state index < -0.39 is 0 Å². The lowest BCUT2D eigenvalue weighted by molar-refractivity contribution is -0.0106. The van der Waals surface area contributed by atoms with Gasteiger partial charge in [0.15, 0.2) is 0 Å². The van der Waals surface area contributed by atoms with Crippen LogP contribution < -0.4 is 0 Å². The van der Waals surface area contributed by atoms with Gasteiger partial charge >= 0.3 is 0 Å². The number of halogens is 1. The van der Waals surface area contributed by atoms with Gasteiger partial charge in [0, 0.05) is 24.2 Å². The largest absolute Gasteiger partial charge is 0.381 e. The van der Waals surface area contributed by atoms with Crippen LogP contribution in [0.1, 0.15) is 29.0 Å². The number of benzene rings is 2. The van der Waals surface area contributed by atoms with Gasteiger partial charge in [-0.15, -0.1) is 23.7 Å². The smallest absolute Gasteiger partial charge is 0.114 e. The highest BCUT2D eigenvalue weighted by Crippen LogP contribution is 2.39. The van der Waals surface area contributed by atoms with E-state index in [9.17, 15) is 0 Å². The minimum absolute atomic E-state index is 0. The Balaban J connectivity index is 0.00000225. The molecule has 2 heterocycles.